The number of hydrogen-bond donors (Lipinski definition) is 2. The molecule has 1 amide bonds. The second-order valence-electron chi connectivity index (χ2n) is 5.84. The monoisotopic (exact) mass is 403 g/mol. The summed E-state index contributed by atoms with van der Waals surface area (Å²) in [5.41, 5.74) is 6.56. The van der Waals surface area contributed by atoms with E-state index in [2.05, 4.69) is 26.2 Å². The van der Waals surface area contributed by atoms with Crippen molar-refractivity contribution >= 4 is 33.8 Å². The first-order valence-electron chi connectivity index (χ1n) is 7.68. The molecule has 0 fully saturated rings. The smallest absolute Gasteiger partial charge is 0.337 e. The van der Waals surface area contributed by atoms with Crippen LogP contribution in [0.1, 0.15) is 25.1 Å². The van der Waals surface area contributed by atoms with Crippen LogP contribution in [0.2, 0.25) is 0 Å². The SMILES string of the molecule is CCOC(=O)C1=C(C)NC(=O)C12c1cc(Br)ccc1-c1oc(N)nc12. The summed E-state index contributed by atoms with van der Waals surface area (Å²) in [4.78, 5) is 30.0. The summed E-state index contributed by atoms with van der Waals surface area (Å²) in [6, 6.07) is 5.37. The lowest BCUT2D eigenvalue weighted by molar-refractivity contribution is -0.140. The molecule has 2 aliphatic rings. The van der Waals surface area contributed by atoms with E-state index in [4.69, 9.17) is 14.9 Å². The molecule has 0 bridgehead atoms. The van der Waals surface area contributed by atoms with Gasteiger partial charge in [0.2, 0.25) is 5.91 Å². The van der Waals surface area contributed by atoms with Crippen LogP contribution in [0.5, 0.6) is 0 Å². The van der Waals surface area contributed by atoms with Crippen molar-refractivity contribution in [2.24, 2.45) is 0 Å². The molecule has 3 N–H and O–H groups in total. The Balaban J connectivity index is 2.10. The summed E-state index contributed by atoms with van der Waals surface area (Å²) < 4.78 is 11.5. The zero-order valence-corrected chi connectivity index (χ0v) is 15.1. The average molecular weight is 404 g/mol. The van der Waals surface area contributed by atoms with Crippen LogP contribution in [-0.2, 0) is 19.7 Å². The zero-order valence-electron chi connectivity index (χ0n) is 13.5. The van der Waals surface area contributed by atoms with Gasteiger partial charge in [-0.1, -0.05) is 15.9 Å². The summed E-state index contributed by atoms with van der Waals surface area (Å²) in [5, 5.41) is 2.75. The maximum absolute atomic E-state index is 13.1. The Morgan fingerprint density at radius 2 is 2.24 bits per heavy atom. The van der Waals surface area contributed by atoms with Crippen molar-refractivity contribution < 1.29 is 18.7 Å². The van der Waals surface area contributed by atoms with Crippen LogP contribution in [-0.4, -0.2) is 23.5 Å². The molecule has 0 saturated carbocycles. The number of oxazole rings is 1. The first kappa shape index (κ1) is 15.9. The van der Waals surface area contributed by atoms with Gasteiger partial charge in [0.05, 0.1) is 12.2 Å². The van der Waals surface area contributed by atoms with Gasteiger partial charge in [-0.2, -0.15) is 4.98 Å². The Morgan fingerprint density at radius 3 is 2.96 bits per heavy atom. The number of halogens is 1. The van der Waals surface area contributed by atoms with Gasteiger partial charge in [0.1, 0.15) is 5.69 Å². The normalized spacial score (nSPS) is 20.7. The third-order valence-electron chi connectivity index (χ3n) is 4.50. The summed E-state index contributed by atoms with van der Waals surface area (Å²) in [6.45, 7) is 3.57. The number of rotatable bonds is 2. The van der Waals surface area contributed by atoms with Crippen LogP contribution in [0.4, 0.5) is 6.01 Å². The number of carbonyl (C=O) groups is 2. The van der Waals surface area contributed by atoms with E-state index in [9.17, 15) is 9.59 Å². The van der Waals surface area contributed by atoms with Gasteiger partial charge in [0.15, 0.2) is 11.2 Å². The van der Waals surface area contributed by atoms with Crippen molar-refractivity contribution in [3.8, 4) is 11.3 Å². The molecule has 1 spiro atoms. The molecule has 0 radical (unpaired) electrons. The number of fused-ring (bicyclic) bond motifs is 5. The van der Waals surface area contributed by atoms with Crippen molar-refractivity contribution in [3.05, 3.63) is 45.2 Å². The van der Waals surface area contributed by atoms with E-state index >= 15 is 0 Å². The van der Waals surface area contributed by atoms with Crippen molar-refractivity contribution in [2.75, 3.05) is 12.3 Å². The fourth-order valence-electron chi connectivity index (χ4n) is 3.64. The fourth-order valence-corrected chi connectivity index (χ4v) is 4.00. The number of allylic oxidation sites excluding steroid dienone is 1. The Morgan fingerprint density at radius 1 is 1.48 bits per heavy atom. The number of nitrogens with two attached hydrogens (primary N) is 1. The van der Waals surface area contributed by atoms with Crippen LogP contribution in [0.25, 0.3) is 11.3 Å². The van der Waals surface area contributed by atoms with Crippen molar-refractivity contribution in [3.63, 3.8) is 0 Å². The summed E-state index contributed by atoms with van der Waals surface area (Å²) in [5.74, 6) is -0.551. The predicted octanol–water partition coefficient (Wildman–Crippen LogP) is 2.25. The van der Waals surface area contributed by atoms with Crippen molar-refractivity contribution in [1.82, 2.24) is 10.3 Å². The number of benzene rings is 1. The highest BCUT2D eigenvalue weighted by molar-refractivity contribution is 9.10. The molecule has 2 aromatic rings. The van der Waals surface area contributed by atoms with Crippen molar-refractivity contribution in [1.29, 1.82) is 0 Å². The number of nitrogens with zero attached hydrogens (tertiary/aromatic N) is 1. The number of nitrogen functional groups attached to an aromatic ring is 1. The van der Waals surface area contributed by atoms with E-state index < -0.39 is 11.4 Å². The summed E-state index contributed by atoms with van der Waals surface area (Å²) >= 11 is 3.43. The summed E-state index contributed by atoms with van der Waals surface area (Å²) in [6.07, 6.45) is 0. The molecule has 1 unspecified atom stereocenters. The van der Waals surface area contributed by atoms with Gasteiger partial charge in [-0.3, -0.25) is 4.79 Å². The molecule has 8 heteroatoms. The van der Waals surface area contributed by atoms with E-state index in [-0.39, 0.29) is 24.1 Å². The van der Waals surface area contributed by atoms with Crippen LogP contribution in [0.3, 0.4) is 0 Å². The first-order chi connectivity index (χ1) is 11.9. The Hall–Kier alpha value is -2.61. The highest BCUT2D eigenvalue weighted by atomic mass is 79.9. The largest absolute Gasteiger partial charge is 0.463 e. The lowest BCUT2D eigenvalue weighted by atomic mass is 9.75. The van der Waals surface area contributed by atoms with Crippen LogP contribution in [0.15, 0.2) is 38.4 Å². The van der Waals surface area contributed by atoms with Gasteiger partial charge in [-0.25, -0.2) is 4.79 Å². The van der Waals surface area contributed by atoms with E-state index in [1.54, 1.807) is 26.0 Å². The second-order valence-corrected chi connectivity index (χ2v) is 6.76. The molecule has 25 heavy (non-hydrogen) atoms. The van der Waals surface area contributed by atoms with Gasteiger partial charge in [0.25, 0.3) is 6.01 Å². The maximum atomic E-state index is 13.1. The minimum atomic E-state index is -1.42. The Labute approximate surface area is 151 Å². The van der Waals surface area contributed by atoms with Gasteiger partial charge < -0.3 is 20.2 Å². The van der Waals surface area contributed by atoms with Crippen molar-refractivity contribution in [2.45, 2.75) is 19.3 Å². The van der Waals surface area contributed by atoms with E-state index in [1.807, 2.05) is 6.07 Å². The van der Waals surface area contributed by atoms with Gasteiger partial charge in [0, 0.05) is 15.7 Å². The van der Waals surface area contributed by atoms with E-state index in [1.165, 1.54) is 0 Å². The maximum Gasteiger partial charge on any atom is 0.337 e. The van der Waals surface area contributed by atoms with Gasteiger partial charge >= 0.3 is 5.97 Å². The van der Waals surface area contributed by atoms with E-state index in [0.29, 0.717) is 28.3 Å². The van der Waals surface area contributed by atoms with Crippen LogP contribution < -0.4 is 11.1 Å². The average Bonchev–Trinajstić information content (AvgIpc) is 3.12. The number of aromatic nitrogens is 1. The molecule has 2 heterocycles. The molecule has 1 aromatic carbocycles. The first-order valence-corrected chi connectivity index (χ1v) is 8.47. The molecule has 128 valence electrons. The van der Waals surface area contributed by atoms with Gasteiger partial charge in [-0.15, -0.1) is 0 Å². The summed E-state index contributed by atoms with van der Waals surface area (Å²) in [7, 11) is 0. The number of esters is 1. The molecule has 1 aromatic heterocycles. The standard InChI is InChI=1S/C17H14BrN3O4/c1-3-24-14(22)11-7(2)20-15(23)17(11)10-6-8(18)4-5-9(10)12-13(17)21-16(19)25-12/h4-6H,3H2,1-2H3,(H2,19,21)(H,20,23). The molecular formula is C17H14BrN3O4. The molecule has 1 aliphatic carbocycles. The minimum Gasteiger partial charge on any atom is -0.463 e. The number of amides is 1. The highest BCUT2D eigenvalue weighted by Crippen LogP contribution is 2.56. The number of ether oxygens (including phenoxy) is 1. The third kappa shape index (κ3) is 1.88. The molecule has 7 nitrogen and oxygen atoms in total. The predicted molar refractivity (Wildman–Crippen MR) is 92.3 cm³/mol. The molecular weight excluding hydrogens is 390 g/mol. The zero-order chi connectivity index (χ0) is 17.9. The Bertz CT molecular complexity index is 978. The molecule has 1 atom stereocenters. The number of anilines is 1. The van der Waals surface area contributed by atoms with Gasteiger partial charge in [-0.05, 0) is 37.6 Å². The molecule has 0 saturated heterocycles. The van der Waals surface area contributed by atoms with Crippen LogP contribution >= 0.6 is 15.9 Å². The Kier molecular flexibility index (Phi) is 3.30. The highest BCUT2D eigenvalue weighted by Gasteiger charge is 2.61. The lowest BCUT2D eigenvalue weighted by Crippen LogP contribution is -2.40. The van der Waals surface area contributed by atoms with E-state index in [0.717, 1.165) is 4.47 Å². The van der Waals surface area contributed by atoms with Crippen LogP contribution in [0, 0.1) is 0 Å². The third-order valence-corrected chi connectivity index (χ3v) is 4.99. The fraction of sp³-hybridized carbons (Fsp3) is 0.235. The lowest BCUT2D eigenvalue weighted by Gasteiger charge is -2.24. The number of carbonyl (C=O) groups excluding carboxylic acids is 2. The molecule has 4 rings (SSSR count). The minimum absolute atomic E-state index is 0.0569. The topological polar surface area (TPSA) is 107 Å². The number of hydrogen-bond acceptors (Lipinski definition) is 6. The quantitative estimate of drug-likeness (QED) is 0.744. The second kappa shape index (κ2) is 5.19. The molecule has 1 aliphatic heterocycles. The number of nitrogens with one attached hydrogen (secondary N) is 1.